The van der Waals surface area contributed by atoms with Crippen molar-refractivity contribution in [3.8, 4) is 0 Å². The molecule has 5 nitrogen and oxygen atoms in total. The van der Waals surface area contributed by atoms with Crippen molar-refractivity contribution >= 4 is 41.3 Å². The highest BCUT2D eigenvalue weighted by atomic mass is 127. The number of nitrogens with one attached hydrogen (secondary N) is 2. The Morgan fingerprint density at radius 2 is 2.10 bits per heavy atom. The number of nitrogens with zero attached hydrogens (tertiary/aromatic N) is 2. The number of thiazole rings is 1. The quantitative estimate of drug-likeness (QED) is 0.298. The van der Waals surface area contributed by atoms with E-state index in [0.29, 0.717) is 6.61 Å². The van der Waals surface area contributed by atoms with Gasteiger partial charge in [-0.15, -0.1) is 35.3 Å². The lowest BCUT2D eigenvalue weighted by atomic mass is 10.2. The molecule has 2 N–H and O–H groups in total. The lowest BCUT2D eigenvalue weighted by Crippen LogP contribution is -2.39. The zero-order valence-corrected chi connectivity index (χ0v) is 15.6. The van der Waals surface area contributed by atoms with Crippen LogP contribution in [0.1, 0.15) is 23.5 Å². The standard InChI is InChI=1S/C13H24N4OS.HI/c1-11-10-19-12(17-11)6-4-5-7-15-13(14-2)16-8-9-18-3;/h10H,4-9H2,1-3H3,(H2,14,15,16);1H. The summed E-state index contributed by atoms with van der Waals surface area (Å²) in [6.07, 6.45) is 3.33. The van der Waals surface area contributed by atoms with Crippen LogP contribution in [0.4, 0.5) is 0 Å². The van der Waals surface area contributed by atoms with Crippen LogP contribution in [0.15, 0.2) is 10.4 Å². The fraction of sp³-hybridized carbons (Fsp3) is 0.692. The maximum absolute atomic E-state index is 4.98. The van der Waals surface area contributed by atoms with Crippen LogP contribution >= 0.6 is 35.3 Å². The van der Waals surface area contributed by atoms with Crippen molar-refractivity contribution in [1.29, 1.82) is 0 Å². The monoisotopic (exact) mass is 412 g/mol. The van der Waals surface area contributed by atoms with Crippen LogP contribution in [0.5, 0.6) is 0 Å². The molecule has 116 valence electrons. The molecule has 1 aromatic heterocycles. The van der Waals surface area contributed by atoms with Crippen molar-refractivity contribution in [3.05, 3.63) is 16.1 Å². The molecule has 0 amide bonds. The van der Waals surface area contributed by atoms with Gasteiger partial charge in [0.15, 0.2) is 5.96 Å². The van der Waals surface area contributed by atoms with E-state index in [1.165, 1.54) is 5.01 Å². The van der Waals surface area contributed by atoms with Gasteiger partial charge in [0.25, 0.3) is 0 Å². The molecule has 1 rings (SSSR count). The average Bonchev–Trinajstić information content (AvgIpc) is 2.82. The molecule has 7 heteroatoms. The van der Waals surface area contributed by atoms with Gasteiger partial charge in [-0.25, -0.2) is 4.98 Å². The van der Waals surface area contributed by atoms with E-state index in [2.05, 4.69) is 26.0 Å². The number of hydrogen-bond donors (Lipinski definition) is 2. The zero-order chi connectivity index (χ0) is 13.9. The molecule has 0 atom stereocenters. The Balaban J connectivity index is 0.00000361. The molecule has 0 radical (unpaired) electrons. The zero-order valence-electron chi connectivity index (χ0n) is 12.4. The predicted molar refractivity (Wildman–Crippen MR) is 96.4 cm³/mol. The molecular formula is C13H25IN4OS. The number of aryl methyl sites for hydroxylation is 2. The van der Waals surface area contributed by atoms with E-state index >= 15 is 0 Å². The summed E-state index contributed by atoms with van der Waals surface area (Å²) >= 11 is 1.75. The third-order valence-electron chi connectivity index (χ3n) is 2.60. The first-order valence-corrected chi connectivity index (χ1v) is 7.48. The molecule has 0 unspecified atom stereocenters. The van der Waals surface area contributed by atoms with Crippen LogP contribution in [0, 0.1) is 6.92 Å². The molecular weight excluding hydrogens is 387 g/mol. The Morgan fingerprint density at radius 3 is 2.70 bits per heavy atom. The number of aromatic nitrogens is 1. The predicted octanol–water partition coefficient (Wildman–Crippen LogP) is 2.20. The smallest absolute Gasteiger partial charge is 0.191 e. The molecule has 1 aromatic rings. The van der Waals surface area contributed by atoms with Gasteiger partial charge in [0.05, 0.1) is 11.6 Å². The molecule has 0 aromatic carbocycles. The molecule has 0 aliphatic rings. The van der Waals surface area contributed by atoms with E-state index in [4.69, 9.17) is 4.74 Å². The molecule has 0 aliphatic carbocycles. The number of guanidine groups is 1. The minimum Gasteiger partial charge on any atom is -0.383 e. The Bertz CT molecular complexity index is 384. The third-order valence-corrected chi connectivity index (χ3v) is 3.63. The van der Waals surface area contributed by atoms with Gasteiger partial charge in [0.1, 0.15) is 0 Å². The molecule has 0 bridgehead atoms. The van der Waals surface area contributed by atoms with Crippen LogP contribution < -0.4 is 10.6 Å². The van der Waals surface area contributed by atoms with Crippen molar-refractivity contribution in [2.45, 2.75) is 26.2 Å². The molecule has 0 fully saturated rings. The van der Waals surface area contributed by atoms with Gasteiger partial charge < -0.3 is 15.4 Å². The lowest BCUT2D eigenvalue weighted by molar-refractivity contribution is 0.203. The number of hydrogen-bond acceptors (Lipinski definition) is 4. The van der Waals surface area contributed by atoms with Gasteiger partial charge >= 0.3 is 0 Å². The van der Waals surface area contributed by atoms with Crippen LogP contribution in [0.2, 0.25) is 0 Å². The van der Waals surface area contributed by atoms with Crippen molar-refractivity contribution in [2.24, 2.45) is 4.99 Å². The summed E-state index contributed by atoms with van der Waals surface area (Å²) in [5.74, 6) is 0.835. The molecule has 20 heavy (non-hydrogen) atoms. The summed E-state index contributed by atoms with van der Waals surface area (Å²) in [5, 5.41) is 9.81. The Hall–Kier alpha value is -0.410. The number of ether oxygens (including phenoxy) is 1. The second-order valence-corrected chi connectivity index (χ2v) is 5.20. The minimum absolute atomic E-state index is 0. The first kappa shape index (κ1) is 19.6. The normalized spacial score (nSPS) is 11.1. The molecule has 0 aliphatic heterocycles. The van der Waals surface area contributed by atoms with Crippen molar-refractivity contribution in [2.75, 3.05) is 33.9 Å². The van der Waals surface area contributed by atoms with E-state index in [1.807, 2.05) is 6.92 Å². The van der Waals surface area contributed by atoms with Crippen molar-refractivity contribution in [1.82, 2.24) is 15.6 Å². The van der Waals surface area contributed by atoms with Gasteiger partial charge in [0, 0.05) is 38.3 Å². The fourth-order valence-corrected chi connectivity index (χ4v) is 2.44. The average molecular weight is 412 g/mol. The second kappa shape index (κ2) is 12.3. The Labute approximate surface area is 142 Å². The van der Waals surface area contributed by atoms with Gasteiger partial charge in [-0.05, 0) is 26.2 Å². The number of halogens is 1. The maximum Gasteiger partial charge on any atom is 0.191 e. The van der Waals surface area contributed by atoms with Crippen LogP contribution in [-0.2, 0) is 11.2 Å². The SMILES string of the molecule is CN=C(NCCCCc1nc(C)cs1)NCCOC.I. The van der Waals surface area contributed by atoms with Crippen molar-refractivity contribution < 1.29 is 4.74 Å². The minimum atomic E-state index is 0. The van der Waals surface area contributed by atoms with Gasteiger partial charge in [-0.3, -0.25) is 4.99 Å². The number of unbranched alkanes of at least 4 members (excludes halogenated alkanes) is 1. The maximum atomic E-state index is 4.98. The highest BCUT2D eigenvalue weighted by molar-refractivity contribution is 14.0. The molecule has 0 saturated heterocycles. The number of methoxy groups -OCH3 is 1. The first-order valence-electron chi connectivity index (χ1n) is 6.60. The Morgan fingerprint density at radius 1 is 1.35 bits per heavy atom. The largest absolute Gasteiger partial charge is 0.383 e. The third kappa shape index (κ3) is 8.70. The van der Waals surface area contributed by atoms with Gasteiger partial charge in [0.2, 0.25) is 0 Å². The summed E-state index contributed by atoms with van der Waals surface area (Å²) in [6.45, 7) is 4.42. The van der Waals surface area contributed by atoms with E-state index < -0.39 is 0 Å². The van der Waals surface area contributed by atoms with Crippen molar-refractivity contribution in [3.63, 3.8) is 0 Å². The van der Waals surface area contributed by atoms with Crippen LogP contribution in [0.25, 0.3) is 0 Å². The number of rotatable bonds is 8. The van der Waals surface area contributed by atoms with Crippen LogP contribution in [0.3, 0.4) is 0 Å². The summed E-state index contributed by atoms with van der Waals surface area (Å²) in [4.78, 5) is 8.61. The van der Waals surface area contributed by atoms with E-state index in [-0.39, 0.29) is 24.0 Å². The highest BCUT2D eigenvalue weighted by Gasteiger charge is 1.99. The summed E-state index contributed by atoms with van der Waals surface area (Å²) in [6, 6.07) is 0. The first-order chi connectivity index (χ1) is 9.26. The fourth-order valence-electron chi connectivity index (χ4n) is 1.62. The van der Waals surface area contributed by atoms with E-state index in [1.54, 1.807) is 25.5 Å². The lowest BCUT2D eigenvalue weighted by Gasteiger charge is -2.11. The summed E-state index contributed by atoms with van der Waals surface area (Å²) < 4.78 is 4.98. The molecule has 1 heterocycles. The van der Waals surface area contributed by atoms with E-state index in [9.17, 15) is 0 Å². The van der Waals surface area contributed by atoms with E-state index in [0.717, 1.165) is 44.0 Å². The molecule has 0 saturated carbocycles. The Kier molecular flexibility index (Phi) is 12.1. The van der Waals surface area contributed by atoms with Gasteiger partial charge in [-0.1, -0.05) is 0 Å². The highest BCUT2D eigenvalue weighted by Crippen LogP contribution is 2.11. The second-order valence-electron chi connectivity index (χ2n) is 4.26. The topological polar surface area (TPSA) is 58.5 Å². The van der Waals surface area contributed by atoms with Gasteiger partial charge in [-0.2, -0.15) is 0 Å². The summed E-state index contributed by atoms with van der Waals surface area (Å²) in [5.41, 5.74) is 1.13. The van der Waals surface area contributed by atoms with Crippen LogP contribution in [-0.4, -0.2) is 44.8 Å². The number of aliphatic imine (C=N–C) groups is 1. The summed E-state index contributed by atoms with van der Waals surface area (Å²) in [7, 11) is 3.47. The molecule has 0 spiro atoms.